The number of hydrogen-bond acceptors (Lipinski definition) is 15. The van der Waals surface area contributed by atoms with Crippen LogP contribution in [0.2, 0.25) is 0 Å². The van der Waals surface area contributed by atoms with E-state index in [2.05, 4.69) is 35.0 Å². The predicted molar refractivity (Wildman–Crippen MR) is 279 cm³/mol. The fraction of sp³-hybridized carbons (Fsp3) is 0.300. The maximum atomic E-state index is 13.6. The number of fused-ring (bicyclic) bond motifs is 4. The first kappa shape index (κ1) is 55.3. The molecule has 7 rings (SSSR count). The molecular weight excluding hydrogens is 1010 g/mol. The first-order valence-corrected chi connectivity index (χ1v) is 26.7. The molecule has 0 saturated carbocycles. The number of carbonyl (C=O) groups is 3. The minimum atomic E-state index is -4.95. The summed E-state index contributed by atoms with van der Waals surface area (Å²) < 4.78 is 32.4. The molecule has 25 heteroatoms. The third kappa shape index (κ3) is 15.1. The molecule has 5 aromatic carbocycles. The minimum Gasteiger partial charge on any atom is -0.507 e. The molecule has 0 saturated heterocycles. The summed E-state index contributed by atoms with van der Waals surface area (Å²) in [5, 5.41) is 42.8. The number of aromatic hydroxyl groups is 2. The zero-order valence-electron chi connectivity index (χ0n) is 40.6. The van der Waals surface area contributed by atoms with E-state index < -0.39 is 51.6 Å². The van der Waals surface area contributed by atoms with E-state index >= 15 is 0 Å². The fourth-order valence-electron chi connectivity index (χ4n) is 8.68. The van der Waals surface area contributed by atoms with Crippen molar-refractivity contribution in [1.29, 1.82) is 0 Å². The van der Waals surface area contributed by atoms with Crippen LogP contribution in [0, 0.1) is 6.92 Å². The minimum absolute atomic E-state index is 0.00426. The van der Waals surface area contributed by atoms with Crippen molar-refractivity contribution in [2.75, 3.05) is 25.5 Å². The van der Waals surface area contributed by atoms with Gasteiger partial charge in [-0.25, -0.2) is 18.9 Å². The van der Waals surface area contributed by atoms with Crippen molar-refractivity contribution in [3.8, 4) is 23.0 Å². The van der Waals surface area contributed by atoms with Gasteiger partial charge in [0.25, 0.3) is 11.5 Å². The number of aromatic amines is 1. The van der Waals surface area contributed by atoms with Gasteiger partial charge in [-0.1, -0.05) is 18.2 Å². The van der Waals surface area contributed by atoms with Crippen LogP contribution in [0.4, 0.5) is 5.69 Å². The lowest BCUT2D eigenvalue weighted by atomic mass is 9.98. The van der Waals surface area contributed by atoms with Crippen LogP contribution in [0.3, 0.4) is 0 Å². The number of amides is 2. The molecule has 11 N–H and O–H groups in total. The Morgan fingerprint density at radius 1 is 0.813 bits per heavy atom. The normalized spacial score (nSPS) is 14.1. The standard InChI is InChI=1S/C50H56N8O15P2/c1-29-56-42-14-9-31-8-7-30(21-39(31)47(42)48(62)57-29)25-53-35-10-13-38-34(22-35)28-58(49(38)63)43(50(64)65)15-18-46(61)52-20-4-6-41(55-27-33-24-37(12-17-45(33)60)73-75(69,70)71)40(5-3-19-51-2)54-26-32-23-36(11-16-44(32)59)72-74(66,67)68/h7-14,16-17,21-24,26-27,40-41,43,51,53,59-60H,3-6,15,18-20,25,28H2,1-2H3,(H,52,61)(H,64,65)(H,56,57,62)(H2,66,67,68)(H2,69,70,71). The topological polar surface area (TPSA) is 355 Å². The average Bonchev–Trinajstić information content (AvgIpc) is 3.66. The van der Waals surface area contributed by atoms with Gasteiger partial charge in [0, 0.05) is 60.9 Å². The number of phenolic OH excluding ortho intramolecular Hbond substituents is 2. The van der Waals surface area contributed by atoms with Gasteiger partial charge in [0.2, 0.25) is 5.91 Å². The number of rotatable bonds is 25. The van der Waals surface area contributed by atoms with Crippen molar-refractivity contribution < 1.29 is 67.5 Å². The van der Waals surface area contributed by atoms with Crippen LogP contribution in [0.15, 0.2) is 99.7 Å². The number of hydrogen-bond donors (Lipinski definition) is 11. The first-order chi connectivity index (χ1) is 35.6. The lowest BCUT2D eigenvalue weighted by Gasteiger charge is -2.24. The summed E-state index contributed by atoms with van der Waals surface area (Å²) in [6.07, 6.45) is 3.67. The number of carboxylic acid groups (broad SMARTS) is 1. The Morgan fingerprint density at radius 3 is 2.03 bits per heavy atom. The molecule has 2 heterocycles. The number of aryl methyl sites for hydroxylation is 1. The first-order valence-electron chi connectivity index (χ1n) is 23.6. The third-order valence-corrected chi connectivity index (χ3v) is 13.1. The van der Waals surface area contributed by atoms with E-state index in [9.17, 15) is 63.2 Å². The fourth-order valence-corrected chi connectivity index (χ4v) is 9.46. The van der Waals surface area contributed by atoms with Crippen molar-refractivity contribution in [1.82, 2.24) is 25.5 Å². The van der Waals surface area contributed by atoms with Crippen molar-refractivity contribution in [3.05, 3.63) is 129 Å². The van der Waals surface area contributed by atoms with Crippen LogP contribution in [0.1, 0.15) is 77.0 Å². The third-order valence-electron chi connectivity index (χ3n) is 12.2. The summed E-state index contributed by atoms with van der Waals surface area (Å²) in [5.74, 6) is -2.76. The Balaban J connectivity index is 0.994. The molecule has 1 aliphatic heterocycles. The number of phosphoric ester groups is 2. The predicted octanol–water partition coefficient (Wildman–Crippen LogP) is 5.41. The molecule has 23 nitrogen and oxygen atoms in total. The summed E-state index contributed by atoms with van der Waals surface area (Å²) in [6.45, 7) is 2.78. The molecule has 6 aromatic rings. The van der Waals surface area contributed by atoms with Gasteiger partial charge < -0.3 is 50.2 Å². The lowest BCUT2D eigenvalue weighted by molar-refractivity contribution is -0.142. The molecule has 3 atom stereocenters. The summed E-state index contributed by atoms with van der Waals surface area (Å²) in [4.78, 5) is 108. The van der Waals surface area contributed by atoms with E-state index in [1.807, 2.05) is 30.3 Å². The van der Waals surface area contributed by atoms with Crippen LogP contribution in [0.25, 0.3) is 21.7 Å². The molecule has 0 spiro atoms. The van der Waals surface area contributed by atoms with Crippen molar-refractivity contribution >= 4 is 73.2 Å². The maximum Gasteiger partial charge on any atom is 0.524 e. The van der Waals surface area contributed by atoms with E-state index in [1.165, 1.54) is 35.5 Å². The van der Waals surface area contributed by atoms with Gasteiger partial charge in [-0.3, -0.25) is 43.9 Å². The lowest BCUT2D eigenvalue weighted by Crippen LogP contribution is -2.42. The number of aliphatic carboxylic acids is 1. The second-order valence-corrected chi connectivity index (χ2v) is 20.1. The van der Waals surface area contributed by atoms with E-state index in [1.54, 1.807) is 32.2 Å². The monoisotopic (exact) mass is 1070 g/mol. The highest BCUT2D eigenvalue weighted by Crippen LogP contribution is 2.40. The van der Waals surface area contributed by atoms with E-state index in [0.717, 1.165) is 34.5 Å². The van der Waals surface area contributed by atoms with Crippen LogP contribution in [-0.2, 0) is 31.8 Å². The summed E-state index contributed by atoms with van der Waals surface area (Å²) >= 11 is 0. The second kappa shape index (κ2) is 24.2. The molecule has 1 aromatic heterocycles. The molecular formula is C50H56N8O15P2. The summed E-state index contributed by atoms with van der Waals surface area (Å²) in [7, 11) is -8.13. The van der Waals surface area contributed by atoms with Crippen LogP contribution < -0.4 is 30.6 Å². The number of nitrogens with zero attached hydrogens (tertiary/aromatic N) is 4. The number of carbonyl (C=O) groups excluding carboxylic acids is 2. The van der Waals surface area contributed by atoms with Crippen LogP contribution in [-0.4, -0.2) is 118 Å². The molecule has 3 unspecified atom stereocenters. The number of nitrogens with one attached hydrogen (secondary N) is 4. The van der Waals surface area contributed by atoms with Crippen molar-refractivity contribution in [2.24, 2.45) is 9.98 Å². The maximum absolute atomic E-state index is 13.6. The highest BCUT2D eigenvalue weighted by Gasteiger charge is 2.37. The molecule has 1 aliphatic rings. The van der Waals surface area contributed by atoms with Crippen molar-refractivity contribution in [3.63, 3.8) is 0 Å². The highest BCUT2D eigenvalue weighted by molar-refractivity contribution is 7.47. The Labute approximate surface area is 428 Å². The van der Waals surface area contributed by atoms with Crippen molar-refractivity contribution in [2.45, 2.75) is 76.7 Å². The van der Waals surface area contributed by atoms with E-state index in [-0.39, 0.29) is 72.0 Å². The largest absolute Gasteiger partial charge is 0.524 e. The molecule has 0 bridgehead atoms. The molecule has 0 fully saturated rings. The number of H-pyrrole nitrogens is 1. The van der Waals surface area contributed by atoms with Gasteiger partial charge in [0.1, 0.15) is 34.9 Å². The smallest absolute Gasteiger partial charge is 0.507 e. The summed E-state index contributed by atoms with van der Waals surface area (Å²) in [5.41, 5.74) is 3.00. The summed E-state index contributed by atoms with van der Waals surface area (Å²) in [6, 6.07) is 19.0. The van der Waals surface area contributed by atoms with Gasteiger partial charge in [-0.2, -0.15) is 0 Å². The number of phenols is 2. The number of benzene rings is 5. The zero-order chi connectivity index (χ0) is 54.0. The molecule has 396 valence electrons. The van der Waals surface area contributed by atoms with Gasteiger partial charge in [-0.05, 0) is 141 Å². The average molecular weight is 1070 g/mol. The Kier molecular flexibility index (Phi) is 17.9. The Bertz CT molecular complexity index is 3320. The van der Waals surface area contributed by atoms with Gasteiger partial charge in [-0.15, -0.1) is 0 Å². The van der Waals surface area contributed by atoms with Crippen LogP contribution in [0.5, 0.6) is 23.0 Å². The number of carboxylic acids is 1. The second-order valence-electron chi connectivity index (χ2n) is 17.8. The molecule has 0 aliphatic carbocycles. The van der Waals surface area contributed by atoms with Crippen LogP contribution >= 0.6 is 15.6 Å². The Hall–Kier alpha value is -7.49. The van der Waals surface area contributed by atoms with Gasteiger partial charge >= 0.3 is 21.6 Å². The Morgan fingerprint density at radius 2 is 1.43 bits per heavy atom. The number of aliphatic imine (C=N–C) groups is 2. The SMILES string of the molecule is CNCCCC(N=Cc1cc(OP(=O)(O)O)ccc1O)C(CCCNC(=O)CCC(C(=O)O)N1Cc2cc(NCc3ccc4ccc5nc(C)[nH]c(=O)c5c4c3)ccc2C1=O)N=Cc1cc(OP(=O)(O)O)ccc1O. The van der Waals surface area contributed by atoms with E-state index in [4.69, 9.17) is 9.98 Å². The quantitative estimate of drug-likeness (QED) is 0.0148. The van der Waals surface area contributed by atoms with E-state index in [0.29, 0.717) is 65.9 Å². The highest BCUT2D eigenvalue weighted by atomic mass is 31.2. The molecule has 75 heavy (non-hydrogen) atoms. The number of phosphoric acid groups is 2. The molecule has 2 amide bonds. The number of aromatic nitrogens is 2. The number of anilines is 1. The van der Waals surface area contributed by atoms with Gasteiger partial charge in [0.05, 0.1) is 23.0 Å². The van der Waals surface area contributed by atoms with Gasteiger partial charge in [0.15, 0.2) is 0 Å². The zero-order valence-corrected chi connectivity index (χ0v) is 42.4. The molecule has 0 radical (unpaired) electrons.